The minimum Gasteiger partial charge on any atom is -0.491 e. The second-order valence-corrected chi connectivity index (χ2v) is 9.79. The van der Waals surface area contributed by atoms with Crippen molar-refractivity contribution in [3.8, 4) is 22.6 Å². The summed E-state index contributed by atoms with van der Waals surface area (Å²) in [5.74, 6) is -0.610. The molecule has 7 heteroatoms. The predicted octanol–water partition coefficient (Wildman–Crippen LogP) is 7.40. The second kappa shape index (κ2) is 11.0. The van der Waals surface area contributed by atoms with Crippen molar-refractivity contribution >= 4 is 43.4 Å². The summed E-state index contributed by atoms with van der Waals surface area (Å²) in [6, 6.07) is 14.8. The summed E-state index contributed by atoms with van der Waals surface area (Å²) in [6.07, 6.45) is 1.42. The van der Waals surface area contributed by atoms with Crippen LogP contribution in [0.1, 0.15) is 25.8 Å². The van der Waals surface area contributed by atoms with Crippen molar-refractivity contribution in [1.29, 1.82) is 0 Å². The molecule has 0 aliphatic rings. The lowest BCUT2D eigenvalue weighted by atomic mass is 10.0. The van der Waals surface area contributed by atoms with Gasteiger partial charge in [-0.3, -0.25) is 0 Å². The van der Waals surface area contributed by atoms with Crippen LogP contribution >= 0.6 is 11.3 Å². The Morgan fingerprint density at radius 1 is 0.892 bits per heavy atom. The normalized spacial score (nSPS) is 10.9. The van der Waals surface area contributed by atoms with Crippen molar-refractivity contribution in [3.63, 3.8) is 0 Å². The largest absolute Gasteiger partial charge is 0.491 e. The highest BCUT2D eigenvalue weighted by Gasteiger charge is 2.20. The molecule has 0 aliphatic heterocycles. The summed E-state index contributed by atoms with van der Waals surface area (Å²) < 4.78 is 33.0. The molecule has 0 amide bonds. The summed E-state index contributed by atoms with van der Waals surface area (Å²) in [4.78, 5) is 23.5. The van der Waals surface area contributed by atoms with E-state index in [0.29, 0.717) is 39.3 Å². The van der Waals surface area contributed by atoms with Gasteiger partial charge >= 0.3 is 11.9 Å². The number of hydrogen-bond donors (Lipinski definition) is 0. The van der Waals surface area contributed by atoms with Crippen LogP contribution in [0.3, 0.4) is 0 Å². The zero-order chi connectivity index (χ0) is 26.7. The van der Waals surface area contributed by atoms with E-state index in [1.807, 2.05) is 30.3 Å². The zero-order valence-corrected chi connectivity index (χ0v) is 21.8. The Labute approximate surface area is 218 Å². The molecule has 0 saturated heterocycles. The first-order chi connectivity index (χ1) is 17.7. The highest BCUT2D eigenvalue weighted by atomic mass is 32.1. The van der Waals surface area contributed by atoms with Gasteiger partial charge in [-0.25, -0.2) is 14.0 Å². The van der Waals surface area contributed by atoms with E-state index >= 15 is 4.39 Å². The Kier molecular flexibility index (Phi) is 7.74. The molecule has 0 unspecified atom stereocenters. The van der Waals surface area contributed by atoms with Crippen molar-refractivity contribution < 1.29 is 28.2 Å². The van der Waals surface area contributed by atoms with Crippen LogP contribution in [0.25, 0.3) is 31.3 Å². The second-order valence-electron chi connectivity index (χ2n) is 8.77. The van der Waals surface area contributed by atoms with Crippen LogP contribution in [0.5, 0.6) is 11.5 Å². The maximum atomic E-state index is 15.8. The number of carbonyl (C=O) groups excluding carboxylic acids is 2. The predicted molar refractivity (Wildman–Crippen MR) is 146 cm³/mol. The number of fused-ring (bicyclic) bond motifs is 3. The highest BCUT2D eigenvalue weighted by Crippen LogP contribution is 2.46. The Hall–Kier alpha value is -3.97. The monoisotopic (exact) mass is 518 g/mol. The van der Waals surface area contributed by atoms with Gasteiger partial charge in [-0.2, -0.15) is 0 Å². The van der Waals surface area contributed by atoms with Crippen LogP contribution < -0.4 is 9.47 Å². The fourth-order valence-corrected chi connectivity index (χ4v) is 5.18. The molecule has 1 aromatic heterocycles. The third kappa shape index (κ3) is 5.42. The van der Waals surface area contributed by atoms with Gasteiger partial charge in [0, 0.05) is 27.5 Å². The van der Waals surface area contributed by atoms with Gasteiger partial charge in [0.05, 0.1) is 23.1 Å². The molecule has 0 radical (unpaired) electrons. The third-order valence-corrected chi connectivity index (χ3v) is 7.09. The van der Waals surface area contributed by atoms with Gasteiger partial charge in [0.15, 0.2) is 11.5 Å². The number of thiophene rings is 1. The van der Waals surface area contributed by atoms with Gasteiger partial charge < -0.3 is 14.2 Å². The topological polar surface area (TPSA) is 61.8 Å². The molecule has 4 aromatic rings. The van der Waals surface area contributed by atoms with Crippen LogP contribution in [-0.4, -0.2) is 25.7 Å². The Morgan fingerprint density at radius 2 is 1.54 bits per heavy atom. The molecule has 190 valence electrons. The van der Waals surface area contributed by atoms with Crippen molar-refractivity contribution in [2.75, 3.05) is 13.7 Å². The summed E-state index contributed by atoms with van der Waals surface area (Å²) in [5.41, 5.74) is 2.98. The van der Waals surface area contributed by atoms with E-state index in [0.717, 1.165) is 28.3 Å². The first-order valence-electron chi connectivity index (χ1n) is 11.7. The molecular formula is C30H27FO5S. The lowest BCUT2D eigenvalue weighted by molar-refractivity contribution is -0.139. The van der Waals surface area contributed by atoms with Crippen LogP contribution in [0, 0.1) is 5.82 Å². The molecule has 0 spiro atoms. The number of benzene rings is 3. The van der Waals surface area contributed by atoms with E-state index in [4.69, 9.17) is 14.2 Å². The number of esters is 2. The van der Waals surface area contributed by atoms with Gasteiger partial charge in [-0.1, -0.05) is 49.6 Å². The average Bonchev–Trinajstić information content (AvgIpc) is 3.26. The van der Waals surface area contributed by atoms with E-state index in [1.165, 1.54) is 18.4 Å². The summed E-state index contributed by atoms with van der Waals surface area (Å²) >= 11 is 1.26. The maximum absolute atomic E-state index is 15.8. The smallest absolute Gasteiger partial charge is 0.338 e. The zero-order valence-electron chi connectivity index (χ0n) is 21.0. The summed E-state index contributed by atoms with van der Waals surface area (Å²) in [7, 11) is 1.49. The molecule has 0 saturated carbocycles. The number of carbonyl (C=O) groups is 2. The summed E-state index contributed by atoms with van der Waals surface area (Å²) in [5, 5.41) is 1.58. The van der Waals surface area contributed by atoms with Crippen LogP contribution in [-0.2, 0) is 20.7 Å². The van der Waals surface area contributed by atoms with Crippen molar-refractivity contribution in [1.82, 2.24) is 0 Å². The number of aryl methyl sites for hydroxylation is 1. The fourth-order valence-electron chi connectivity index (χ4n) is 3.93. The van der Waals surface area contributed by atoms with Gasteiger partial charge in [0.25, 0.3) is 0 Å². The van der Waals surface area contributed by atoms with Crippen LogP contribution in [0.15, 0.2) is 72.8 Å². The van der Waals surface area contributed by atoms with Crippen LogP contribution in [0.4, 0.5) is 4.39 Å². The molecule has 0 N–H and O–H groups in total. The molecule has 0 atom stereocenters. The minimum absolute atomic E-state index is 0.264. The first-order valence-corrected chi connectivity index (χ1v) is 12.5. The molecule has 3 aromatic carbocycles. The molecule has 0 bridgehead atoms. The standard InChI is InChI=1S/C30H27FO5S/c1-17(2)29(32)35-16-6-7-19-8-10-20(11-9-19)21-12-13-22-23-14-15-24(36-30(33)18(3)4)26(34-5)28(23)37-27(22)25(21)31/h8-15H,1,3,6-7,16H2,2,4-5H3. The summed E-state index contributed by atoms with van der Waals surface area (Å²) in [6.45, 7) is 10.7. The van der Waals surface area contributed by atoms with E-state index in [2.05, 4.69) is 13.2 Å². The van der Waals surface area contributed by atoms with E-state index < -0.39 is 5.97 Å². The van der Waals surface area contributed by atoms with E-state index in [1.54, 1.807) is 32.0 Å². The quantitative estimate of drug-likeness (QED) is 0.1000. The van der Waals surface area contributed by atoms with Crippen molar-refractivity contribution in [2.24, 2.45) is 0 Å². The van der Waals surface area contributed by atoms with Gasteiger partial charge in [-0.05, 0) is 49.9 Å². The SMILES string of the molecule is C=C(C)C(=O)OCCCc1ccc(-c2ccc3c(sc4c(OC)c(OC(=O)C(=C)C)ccc43)c2F)cc1. The Morgan fingerprint density at radius 3 is 2.19 bits per heavy atom. The average molecular weight is 519 g/mol. The number of rotatable bonds is 9. The van der Waals surface area contributed by atoms with Crippen LogP contribution in [0.2, 0.25) is 0 Å². The Balaban J connectivity index is 1.60. The lowest BCUT2D eigenvalue weighted by Crippen LogP contribution is -2.08. The molecule has 0 fully saturated rings. The molecule has 1 heterocycles. The Bertz CT molecular complexity index is 1530. The fraction of sp³-hybridized carbons (Fsp3) is 0.200. The minimum atomic E-state index is -0.552. The molecule has 4 rings (SSSR count). The first kappa shape index (κ1) is 26.1. The third-order valence-electron chi connectivity index (χ3n) is 5.88. The molecule has 0 aliphatic carbocycles. The molecule has 37 heavy (non-hydrogen) atoms. The van der Waals surface area contributed by atoms with Crippen molar-refractivity contribution in [2.45, 2.75) is 26.7 Å². The molecule has 5 nitrogen and oxygen atoms in total. The number of methoxy groups -OCH3 is 1. The van der Waals surface area contributed by atoms with Crippen molar-refractivity contribution in [3.05, 3.63) is 84.2 Å². The number of hydrogen-bond acceptors (Lipinski definition) is 6. The lowest BCUT2D eigenvalue weighted by Gasteiger charge is -2.09. The molecular weight excluding hydrogens is 491 g/mol. The number of halogens is 1. The highest BCUT2D eigenvalue weighted by molar-refractivity contribution is 7.26. The number of ether oxygens (including phenoxy) is 3. The van der Waals surface area contributed by atoms with Gasteiger partial charge in [-0.15, -0.1) is 11.3 Å². The maximum Gasteiger partial charge on any atom is 0.338 e. The van der Waals surface area contributed by atoms with E-state index in [-0.39, 0.29) is 23.1 Å². The van der Waals surface area contributed by atoms with Gasteiger partial charge in [0.1, 0.15) is 5.82 Å². The van der Waals surface area contributed by atoms with Gasteiger partial charge in [0.2, 0.25) is 0 Å². The van der Waals surface area contributed by atoms with E-state index in [9.17, 15) is 9.59 Å².